The Bertz CT molecular complexity index is 426. The fourth-order valence-electron chi connectivity index (χ4n) is 2.69. The Morgan fingerprint density at radius 1 is 0.786 bits per heavy atom. The van der Waals surface area contributed by atoms with Gasteiger partial charge in [0, 0.05) is 19.8 Å². The summed E-state index contributed by atoms with van der Waals surface area (Å²) in [5.41, 5.74) is -0.150. The standard InChI is InChI=1S/C24H51BO3/c1-17(2)27-15-18(3)20(5)21(6)26-14-13-22(7,8)24(11,12)28-16-19(4)23(9,10)25/h17-21H,13-16,25H2,1-12H3. The molecular formula is C24H51BO3. The molecular weight excluding hydrogens is 347 g/mol. The molecule has 0 bridgehead atoms. The summed E-state index contributed by atoms with van der Waals surface area (Å²) in [5, 5.41) is 0.269. The molecule has 0 aromatic rings. The van der Waals surface area contributed by atoms with Crippen molar-refractivity contribution in [2.24, 2.45) is 23.2 Å². The average Bonchev–Trinajstić information content (AvgIpc) is 2.55. The molecule has 4 heteroatoms. The van der Waals surface area contributed by atoms with Crippen LogP contribution < -0.4 is 0 Å². The lowest BCUT2D eigenvalue weighted by Gasteiger charge is -2.43. The van der Waals surface area contributed by atoms with Crippen LogP contribution >= 0.6 is 0 Å². The van der Waals surface area contributed by atoms with Gasteiger partial charge >= 0.3 is 0 Å². The topological polar surface area (TPSA) is 27.7 Å². The maximum absolute atomic E-state index is 6.41. The van der Waals surface area contributed by atoms with Crippen molar-refractivity contribution in [3.63, 3.8) is 0 Å². The van der Waals surface area contributed by atoms with Gasteiger partial charge < -0.3 is 14.2 Å². The van der Waals surface area contributed by atoms with Gasteiger partial charge in [-0.2, -0.15) is 0 Å². The Hall–Kier alpha value is -0.0551. The van der Waals surface area contributed by atoms with E-state index in [9.17, 15) is 0 Å². The van der Waals surface area contributed by atoms with E-state index in [2.05, 4.69) is 90.9 Å². The molecule has 0 rings (SSSR count). The smallest absolute Gasteiger partial charge is 0.109 e. The van der Waals surface area contributed by atoms with E-state index in [1.54, 1.807) is 0 Å². The molecule has 168 valence electrons. The Kier molecular flexibility index (Phi) is 11.3. The molecule has 28 heavy (non-hydrogen) atoms. The molecule has 0 aromatic heterocycles. The second kappa shape index (κ2) is 11.4. The number of hydrogen-bond acceptors (Lipinski definition) is 3. The molecule has 0 aromatic carbocycles. The Morgan fingerprint density at radius 3 is 1.79 bits per heavy atom. The summed E-state index contributed by atoms with van der Waals surface area (Å²) < 4.78 is 18.4. The van der Waals surface area contributed by atoms with Gasteiger partial charge in [0.05, 0.1) is 17.8 Å². The minimum atomic E-state index is -0.191. The fraction of sp³-hybridized carbons (Fsp3) is 1.00. The van der Waals surface area contributed by atoms with Crippen molar-refractivity contribution in [2.45, 2.75) is 113 Å². The zero-order chi connectivity index (χ0) is 22.3. The van der Waals surface area contributed by atoms with E-state index in [0.717, 1.165) is 26.2 Å². The van der Waals surface area contributed by atoms with Crippen LogP contribution in [-0.2, 0) is 14.2 Å². The maximum Gasteiger partial charge on any atom is 0.109 e. The van der Waals surface area contributed by atoms with E-state index < -0.39 is 0 Å². The van der Waals surface area contributed by atoms with Gasteiger partial charge in [0.25, 0.3) is 0 Å². The van der Waals surface area contributed by atoms with E-state index >= 15 is 0 Å². The van der Waals surface area contributed by atoms with Crippen LogP contribution in [0.3, 0.4) is 0 Å². The molecule has 0 aliphatic rings. The van der Waals surface area contributed by atoms with Gasteiger partial charge in [-0.15, -0.1) is 0 Å². The third-order valence-electron chi connectivity index (χ3n) is 7.24. The van der Waals surface area contributed by atoms with Crippen molar-refractivity contribution in [1.29, 1.82) is 0 Å². The van der Waals surface area contributed by atoms with Gasteiger partial charge in [-0.05, 0) is 64.2 Å². The first kappa shape index (κ1) is 27.9. The predicted octanol–water partition coefficient (Wildman–Crippen LogP) is 5.77. The first-order chi connectivity index (χ1) is 12.5. The lowest BCUT2D eigenvalue weighted by Crippen LogP contribution is -2.44. The first-order valence-electron chi connectivity index (χ1n) is 11.4. The summed E-state index contributed by atoms with van der Waals surface area (Å²) in [7, 11) is 2.28. The number of rotatable bonds is 14. The molecule has 0 saturated carbocycles. The quantitative estimate of drug-likeness (QED) is 0.348. The van der Waals surface area contributed by atoms with Gasteiger partial charge in [0.15, 0.2) is 0 Å². The van der Waals surface area contributed by atoms with Crippen LogP contribution in [0.2, 0.25) is 5.31 Å². The Balaban J connectivity index is 4.52. The highest BCUT2D eigenvalue weighted by Gasteiger charge is 2.38. The largest absolute Gasteiger partial charge is 0.379 e. The summed E-state index contributed by atoms with van der Waals surface area (Å²) in [6, 6.07) is 0. The van der Waals surface area contributed by atoms with Crippen LogP contribution in [0.1, 0.15) is 89.5 Å². The lowest BCUT2D eigenvalue weighted by molar-refractivity contribution is -0.122. The molecule has 0 N–H and O–H groups in total. The number of hydrogen-bond donors (Lipinski definition) is 0. The van der Waals surface area contributed by atoms with E-state index in [1.165, 1.54) is 0 Å². The molecule has 0 fully saturated rings. The van der Waals surface area contributed by atoms with Gasteiger partial charge in [0.2, 0.25) is 0 Å². The van der Waals surface area contributed by atoms with Gasteiger partial charge in [-0.25, -0.2) is 0 Å². The van der Waals surface area contributed by atoms with Crippen molar-refractivity contribution < 1.29 is 14.2 Å². The van der Waals surface area contributed by atoms with Gasteiger partial charge in [-0.3, -0.25) is 0 Å². The maximum atomic E-state index is 6.41. The summed E-state index contributed by atoms with van der Waals surface area (Å²) in [6.45, 7) is 29.1. The van der Waals surface area contributed by atoms with Crippen molar-refractivity contribution in [1.82, 2.24) is 0 Å². The van der Waals surface area contributed by atoms with E-state index in [4.69, 9.17) is 14.2 Å². The van der Waals surface area contributed by atoms with E-state index in [-0.39, 0.29) is 28.5 Å². The molecule has 0 heterocycles. The van der Waals surface area contributed by atoms with Crippen molar-refractivity contribution in [3.8, 4) is 0 Å². The van der Waals surface area contributed by atoms with Gasteiger partial charge in [0.1, 0.15) is 7.85 Å². The summed E-state index contributed by atoms with van der Waals surface area (Å²) in [5.74, 6) is 1.48. The Morgan fingerprint density at radius 2 is 1.32 bits per heavy atom. The van der Waals surface area contributed by atoms with Crippen LogP contribution in [0.4, 0.5) is 0 Å². The highest BCUT2D eigenvalue weighted by molar-refractivity contribution is 6.14. The highest BCUT2D eigenvalue weighted by Crippen LogP contribution is 2.39. The van der Waals surface area contributed by atoms with E-state index in [0.29, 0.717) is 17.8 Å². The zero-order valence-corrected chi connectivity index (χ0v) is 21.4. The van der Waals surface area contributed by atoms with Crippen LogP contribution in [0, 0.1) is 23.2 Å². The van der Waals surface area contributed by atoms with Crippen LogP contribution in [-0.4, -0.2) is 45.5 Å². The van der Waals surface area contributed by atoms with Crippen LogP contribution in [0.5, 0.6) is 0 Å². The first-order valence-corrected chi connectivity index (χ1v) is 11.4. The molecule has 4 unspecified atom stereocenters. The van der Waals surface area contributed by atoms with Crippen LogP contribution in [0.25, 0.3) is 0 Å². The van der Waals surface area contributed by atoms with Gasteiger partial charge in [-0.1, -0.05) is 53.8 Å². The summed E-state index contributed by atoms with van der Waals surface area (Å²) >= 11 is 0. The second-order valence-electron chi connectivity index (χ2n) is 11.5. The predicted molar refractivity (Wildman–Crippen MR) is 125 cm³/mol. The molecule has 0 radical (unpaired) electrons. The van der Waals surface area contributed by atoms with Crippen molar-refractivity contribution >= 4 is 7.85 Å². The summed E-state index contributed by atoms with van der Waals surface area (Å²) in [6.07, 6.45) is 1.50. The molecule has 0 saturated heterocycles. The zero-order valence-electron chi connectivity index (χ0n) is 21.4. The lowest BCUT2D eigenvalue weighted by atomic mass is 9.64. The third-order valence-corrected chi connectivity index (χ3v) is 7.24. The van der Waals surface area contributed by atoms with Crippen LogP contribution in [0.15, 0.2) is 0 Å². The minimum Gasteiger partial charge on any atom is -0.379 e. The normalized spacial score (nSPS) is 18.2. The molecule has 0 aliphatic carbocycles. The molecule has 4 atom stereocenters. The second-order valence-corrected chi connectivity index (χ2v) is 11.5. The minimum absolute atomic E-state index is 0.0416. The molecule has 0 amide bonds. The Labute approximate surface area is 178 Å². The molecule has 0 spiro atoms. The van der Waals surface area contributed by atoms with Crippen molar-refractivity contribution in [3.05, 3.63) is 0 Å². The summed E-state index contributed by atoms with van der Waals surface area (Å²) in [4.78, 5) is 0. The molecule has 3 nitrogen and oxygen atoms in total. The SMILES string of the molecule is BC(C)(C)C(C)COC(C)(C)C(C)(C)CCOC(C)C(C)C(C)COC(C)C. The average molecular weight is 398 g/mol. The molecule has 0 aliphatic heterocycles. The van der Waals surface area contributed by atoms with Crippen molar-refractivity contribution in [2.75, 3.05) is 19.8 Å². The van der Waals surface area contributed by atoms with E-state index in [1.807, 2.05) is 0 Å². The monoisotopic (exact) mass is 398 g/mol. The fourth-order valence-corrected chi connectivity index (χ4v) is 2.69. The third kappa shape index (κ3) is 9.63. The number of ether oxygens (including phenoxy) is 3. The highest BCUT2D eigenvalue weighted by atomic mass is 16.5.